The normalized spacial score (nSPS) is 16.7. The number of aliphatic hydroxyl groups excluding tert-OH is 1. The zero-order chi connectivity index (χ0) is 13.8. The van der Waals surface area contributed by atoms with Crippen LogP contribution >= 0.6 is 11.6 Å². The Labute approximate surface area is 118 Å². The molecule has 0 aromatic carbocycles. The van der Waals surface area contributed by atoms with Crippen LogP contribution in [0.5, 0.6) is 0 Å². The molecule has 1 atom stereocenters. The van der Waals surface area contributed by atoms with Gasteiger partial charge in [0.25, 0.3) is 0 Å². The van der Waals surface area contributed by atoms with E-state index in [9.17, 15) is 5.11 Å². The van der Waals surface area contributed by atoms with E-state index < -0.39 is 0 Å². The summed E-state index contributed by atoms with van der Waals surface area (Å²) < 4.78 is 0. The highest BCUT2D eigenvalue weighted by Gasteiger charge is 2.18. The highest BCUT2D eigenvalue weighted by atomic mass is 35.5. The number of rotatable bonds is 5. The minimum absolute atomic E-state index is 0.218. The molecule has 2 heterocycles. The third kappa shape index (κ3) is 3.91. The number of halogens is 1. The molecule has 0 radical (unpaired) electrons. The third-order valence-electron chi connectivity index (χ3n) is 3.20. The predicted molar refractivity (Wildman–Crippen MR) is 75.9 cm³/mol. The molecule has 106 valence electrons. The average Bonchev–Trinajstić information content (AvgIpc) is 2.89. The second-order valence-electron chi connectivity index (χ2n) is 4.96. The van der Waals surface area contributed by atoms with Crippen LogP contribution < -0.4 is 9.80 Å². The summed E-state index contributed by atoms with van der Waals surface area (Å²) in [4.78, 5) is 16.8. The third-order valence-corrected chi connectivity index (χ3v) is 3.37. The highest BCUT2D eigenvalue weighted by molar-refractivity contribution is 6.28. The first-order chi connectivity index (χ1) is 9.06. The summed E-state index contributed by atoms with van der Waals surface area (Å²) in [6, 6.07) is 0. The Hall–Kier alpha value is -1.14. The molecular weight excluding hydrogens is 266 g/mol. The highest BCUT2D eigenvalue weighted by Crippen LogP contribution is 2.20. The minimum Gasteiger partial charge on any atom is -0.393 e. The van der Waals surface area contributed by atoms with Crippen molar-refractivity contribution in [3.05, 3.63) is 5.28 Å². The Balaban J connectivity index is 2.11. The summed E-state index contributed by atoms with van der Waals surface area (Å²) in [6.45, 7) is 4.38. The molecule has 1 unspecified atom stereocenters. The van der Waals surface area contributed by atoms with Crippen molar-refractivity contribution < 1.29 is 5.11 Å². The van der Waals surface area contributed by atoms with Crippen LogP contribution in [0.4, 0.5) is 11.9 Å². The molecular formula is C12H20ClN5O. The first kappa shape index (κ1) is 14.3. The van der Waals surface area contributed by atoms with Gasteiger partial charge in [0, 0.05) is 26.7 Å². The zero-order valence-corrected chi connectivity index (χ0v) is 12.1. The molecule has 0 bridgehead atoms. The molecule has 1 N–H and O–H groups in total. The largest absolute Gasteiger partial charge is 0.393 e. The zero-order valence-electron chi connectivity index (χ0n) is 11.4. The molecule has 19 heavy (non-hydrogen) atoms. The van der Waals surface area contributed by atoms with Crippen molar-refractivity contribution in [1.29, 1.82) is 0 Å². The van der Waals surface area contributed by atoms with E-state index in [0.717, 1.165) is 25.9 Å². The molecule has 1 aromatic heterocycles. The molecule has 1 saturated heterocycles. The van der Waals surface area contributed by atoms with Gasteiger partial charge in [0.1, 0.15) is 0 Å². The van der Waals surface area contributed by atoms with Crippen molar-refractivity contribution in [2.75, 3.05) is 36.5 Å². The minimum atomic E-state index is -0.335. The predicted octanol–water partition coefficient (Wildman–Crippen LogP) is 1.33. The fourth-order valence-corrected chi connectivity index (χ4v) is 2.19. The fourth-order valence-electron chi connectivity index (χ4n) is 2.04. The molecule has 1 fully saturated rings. The lowest BCUT2D eigenvalue weighted by molar-refractivity contribution is 0.186. The Morgan fingerprint density at radius 3 is 2.63 bits per heavy atom. The van der Waals surface area contributed by atoms with Gasteiger partial charge in [-0.1, -0.05) is 0 Å². The van der Waals surface area contributed by atoms with E-state index in [1.165, 1.54) is 0 Å². The van der Waals surface area contributed by atoms with Gasteiger partial charge in [0.15, 0.2) is 0 Å². The summed E-state index contributed by atoms with van der Waals surface area (Å²) in [5.41, 5.74) is 0. The van der Waals surface area contributed by atoms with Crippen molar-refractivity contribution >= 4 is 23.5 Å². The van der Waals surface area contributed by atoms with Crippen molar-refractivity contribution in [3.63, 3.8) is 0 Å². The number of aromatic nitrogens is 3. The van der Waals surface area contributed by atoms with Gasteiger partial charge < -0.3 is 14.9 Å². The maximum Gasteiger partial charge on any atom is 0.231 e. The van der Waals surface area contributed by atoms with Crippen molar-refractivity contribution in [2.24, 2.45) is 0 Å². The van der Waals surface area contributed by atoms with Crippen molar-refractivity contribution in [1.82, 2.24) is 15.0 Å². The number of anilines is 2. The van der Waals surface area contributed by atoms with Crippen molar-refractivity contribution in [2.45, 2.75) is 32.3 Å². The first-order valence-corrected chi connectivity index (χ1v) is 7.00. The number of hydrogen-bond acceptors (Lipinski definition) is 6. The van der Waals surface area contributed by atoms with Crippen LogP contribution in [0, 0.1) is 0 Å². The van der Waals surface area contributed by atoms with Crippen LogP contribution in [0.15, 0.2) is 0 Å². The van der Waals surface area contributed by atoms with Gasteiger partial charge in [-0.15, -0.1) is 0 Å². The molecule has 7 heteroatoms. The van der Waals surface area contributed by atoms with Crippen LogP contribution in [-0.2, 0) is 0 Å². The fraction of sp³-hybridized carbons (Fsp3) is 0.750. The molecule has 2 rings (SSSR count). The van der Waals surface area contributed by atoms with E-state index in [-0.39, 0.29) is 11.4 Å². The molecule has 0 saturated carbocycles. The van der Waals surface area contributed by atoms with E-state index in [1.807, 2.05) is 11.9 Å². The van der Waals surface area contributed by atoms with Crippen LogP contribution in [0.1, 0.15) is 26.2 Å². The molecule has 1 aliphatic rings. The maximum atomic E-state index is 9.32. The average molecular weight is 286 g/mol. The quantitative estimate of drug-likeness (QED) is 0.880. The van der Waals surface area contributed by atoms with Gasteiger partial charge in [-0.2, -0.15) is 15.0 Å². The molecule has 0 aliphatic carbocycles. The number of hydrogen-bond donors (Lipinski definition) is 1. The van der Waals surface area contributed by atoms with Gasteiger partial charge >= 0.3 is 0 Å². The van der Waals surface area contributed by atoms with Crippen molar-refractivity contribution in [3.8, 4) is 0 Å². The lowest BCUT2D eigenvalue weighted by atomic mass is 10.3. The van der Waals surface area contributed by atoms with E-state index in [0.29, 0.717) is 24.9 Å². The van der Waals surface area contributed by atoms with Crippen LogP contribution in [0.2, 0.25) is 5.28 Å². The van der Waals surface area contributed by atoms with E-state index >= 15 is 0 Å². The molecule has 1 aromatic rings. The SMILES string of the molecule is CC(O)CCN(C)c1nc(Cl)nc(N2CCCC2)n1. The molecule has 1 aliphatic heterocycles. The maximum absolute atomic E-state index is 9.32. The Bertz CT molecular complexity index is 423. The molecule has 0 amide bonds. The van der Waals surface area contributed by atoms with Gasteiger partial charge in [0.05, 0.1) is 6.10 Å². The van der Waals surface area contributed by atoms with E-state index in [1.54, 1.807) is 6.92 Å². The number of nitrogens with zero attached hydrogens (tertiary/aromatic N) is 5. The van der Waals surface area contributed by atoms with Gasteiger partial charge in [-0.3, -0.25) is 0 Å². The Kier molecular flexibility index (Phi) is 4.76. The molecule has 0 spiro atoms. The lowest BCUT2D eigenvalue weighted by Gasteiger charge is -2.20. The summed E-state index contributed by atoms with van der Waals surface area (Å²) >= 11 is 5.97. The van der Waals surface area contributed by atoms with E-state index in [2.05, 4.69) is 19.9 Å². The van der Waals surface area contributed by atoms with Crippen LogP contribution in [-0.4, -0.2) is 52.8 Å². The summed E-state index contributed by atoms with van der Waals surface area (Å²) in [5.74, 6) is 1.21. The Morgan fingerprint density at radius 1 is 1.32 bits per heavy atom. The Morgan fingerprint density at radius 2 is 2.00 bits per heavy atom. The lowest BCUT2D eigenvalue weighted by Crippen LogP contribution is -2.26. The first-order valence-electron chi connectivity index (χ1n) is 6.62. The van der Waals surface area contributed by atoms with Gasteiger partial charge in [-0.25, -0.2) is 0 Å². The van der Waals surface area contributed by atoms with Gasteiger partial charge in [-0.05, 0) is 37.8 Å². The monoisotopic (exact) mass is 285 g/mol. The van der Waals surface area contributed by atoms with Crippen LogP contribution in [0.3, 0.4) is 0 Å². The van der Waals surface area contributed by atoms with Gasteiger partial charge in [0.2, 0.25) is 17.2 Å². The molecule has 6 nitrogen and oxygen atoms in total. The second-order valence-corrected chi connectivity index (χ2v) is 5.30. The van der Waals surface area contributed by atoms with E-state index in [4.69, 9.17) is 11.6 Å². The van der Waals surface area contributed by atoms with Crippen LogP contribution in [0.25, 0.3) is 0 Å². The summed E-state index contributed by atoms with van der Waals surface area (Å²) in [6.07, 6.45) is 2.66. The summed E-state index contributed by atoms with van der Waals surface area (Å²) in [7, 11) is 1.89. The number of aliphatic hydroxyl groups is 1. The topological polar surface area (TPSA) is 65.4 Å². The second kappa shape index (κ2) is 6.34. The summed E-state index contributed by atoms with van der Waals surface area (Å²) in [5, 5.41) is 9.53. The smallest absolute Gasteiger partial charge is 0.231 e. The standard InChI is InChI=1S/C12H20ClN5O/c1-9(19)5-8-17(2)11-14-10(13)15-12(16-11)18-6-3-4-7-18/h9,19H,3-8H2,1-2H3.